The Balaban J connectivity index is 1.34. The van der Waals surface area contributed by atoms with Gasteiger partial charge in [-0.2, -0.15) is 0 Å². The number of rotatable bonds is 6. The van der Waals surface area contributed by atoms with E-state index in [9.17, 15) is 19.2 Å². The second kappa shape index (κ2) is 6.89. The van der Waals surface area contributed by atoms with E-state index in [-0.39, 0.29) is 47.2 Å². The van der Waals surface area contributed by atoms with Crippen molar-refractivity contribution in [3.05, 3.63) is 48.0 Å². The average Bonchev–Trinajstić information content (AvgIpc) is 3.53. The third-order valence-corrected chi connectivity index (χ3v) is 7.29. The fourth-order valence-electron chi connectivity index (χ4n) is 5.86. The highest BCUT2D eigenvalue weighted by Crippen LogP contribution is 2.65. The number of ether oxygens (including phenoxy) is 1. The number of benzene rings is 1. The van der Waals surface area contributed by atoms with Gasteiger partial charge in [-0.1, -0.05) is 56.3 Å². The summed E-state index contributed by atoms with van der Waals surface area (Å²) in [4.78, 5) is 53.0. The van der Waals surface area contributed by atoms with Crippen molar-refractivity contribution >= 4 is 23.6 Å². The highest BCUT2D eigenvalue weighted by molar-refractivity contribution is 6.09. The van der Waals surface area contributed by atoms with Crippen LogP contribution in [0.4, 0.5) is 0 Å². The second-order valence-corrected chi connectivity index (χ2v) is 9.29. The fourth-order valence-corrected chi connectivity index (χ4v) is 5.86. The first kappa shape index (κ1) is 19.2. The van der Waals surface area contributed by atoms with E-state index in [2.05, 4.69) is 12.2 Å². The predicted octanol–water partition coefficient (Wildman–Crippen LogP) is 2.49. The number of amides is 2. The molecule has 1 heterocycles. The summed E-state index contributed by atoms with van der Waals surface area (Å²) in [5.41, 5.74) is 0.451. The third kappa shape index (κ3) is 2.76. The van der Waals surface area contributed by atoms with Gasteiger partial charge in [-0.15, -0.1) is 0 Å². The molecule has 6 heteroatoms. The molecule has 3 fully saturated rings. The molecule has 1 aromatic carbocycles. The van der Waals surface area contributed by atoms with Crippen LogP contribution in [0.15, 0.2) is 42.5 Å². The lowest BCUT2D eigenvalue weighted by Gasteiger charge is -2.37. The lowest BCUT2D eigenvalue weighted by molar-refractivity contribution is -0.160. The maximum absolute atomic E-state index is 13.3. The van der Waals surface area contributed by atoms with Crippen molar-refractivity contribution in [2.45, 2.75) is 26.3 Å². The zero-order chi connectivity index (χ0) is 21.2. The normalized spacial score (nSPS) is 34.0. The first-order chi connectivity index (χ1) is 14.4. The first-order valence-corrected chi connectivity index (χ1v) is 10.7. The SMILES string of the molecule is CC(C)[C@H](C(=O)OCC(=O)c1ccccc1)N1C(=O)[C@@H]2[C@H]3C=C[C@@H]([C@@H]4C[C@H]34)[C@H]2C1=O. The van der Waals surface area contributed by atoms with Gasteiger partial charge in [-0.05, 0) is 36.0 Å². The standard InChI is InChI=1S/C24H25NO5/c1-12(2)21(24(29)30-11-18(26)13-6-4-3-5-7-13)25-22(27)19-14-8-9-15(17-10-16(14)17)20(19)23(25)28/h3-9,12,14-17,19-21H,10-11H2,1-2H3/t14-,15-,16-,17+,19+,20+,21+/m0/s1. The van der Waals surface area contributed by atoms with Crippen LogP contribution >= 0.6 is 0 Å². The summed E-state index contributed by atoms with van der Waals surface area (Å²) in [6, 6.07) is 7.58. The number of Topliss-reactive ketones (excluding diaryl/α,β-unsaturated/α-hetero) is 1. The molecule has 7 atom stereocenters. The van der Waals surface area contributed by atoms with Crippen molar-refractivity contribution in [3.63, 3.8) is 0 Å². The number of ketones is 1. The van der Waals surface area contributed by atoms with Gasteiger partial charge in [0.25, 0.3) is 0 Å². The number of likely N-dealkylation sites (tertiary alicyclic amines) is 1. The van der Waals surface area contributed by atoms with Crippen LogP contribution in [0.2, 0.25) is 0 Å². The fraction of sp³-hybridized carbons (Fsp3) is 0.500. The summed E-state index contributed by atoms with van der Waals surface area (Å²) < 4.78 is 5.29. The summed E-state index contributed by atoms with van der Waals surface area (Å²) >= 11 is 0. The zero-order valence-electron chi connectivity index (χ0n) is 17.1. The number of carbonyl (C=O) groups excluding carboxylic acids is 4. The van der Waals surface area contributed by atoms with Gasteiger partial charge in [0.05, 0.1) is 11.8 Å². The van der Waals surface area contributed by atoms with Crippen LogP contribution in [0, 0.1) is 41.4 Å². The minimum Gasteiger partial charge on any atom is -0.456 e. The van der Waals surface area contributed by atoms with E-state index in [1.54, 1.807) is 44.2 Å². The average molecular weight is 407 g/mol. The van der Waals surface area contributed by atoms with Crippen LogP contribution in [0.5, 0.6) is 0 Å². The molecule has 1 aliphatic heterocycles. The van der Waals surface area contributed by atoms with Gasteiger partial charge < -0.3 is 4.74 Å². The topological polar surface area (TPSA) is 80.8 Å². The van der Waals surface area contributed by atoms with Crippen LogP contribution in [0.25, 0.3) is 0 Å². The molecule has 1 saturated heterocycles. The Morgan fingerprint density at radius 2 is 1.57 bits per heavy atom. The first-order valence-electron chi connectivity index (χ1n) is 10.7. The molecule has 0 radical (unpaired) electrons. The Kier molecular flexibility index (Phi) is 4.42. The number of imide groups is 1. The predicted molar refractivity (Wildman–Crippen MR) is 107 cm³/mol. The summed E-state index contributed by atoms with van der Waals surface area (Å²) in [7, 11) is 0. The Morgan fingerprint density at radius 3 is 2.10 bits per heavy atom. The molecule has 5 aliphatic rings. The Hall–Kier alpha value is -2.76. The minimum atomic E-state index is -1.00. The number of esters is 1. The molecule has 1 aromatic rings. The Bertz CT molecular complexity index is 916. The summed E-state index contributed by atoms with van der Waals surface area (Å²) in [5, 5.41) is 0. The summed E-state index contributed by atoms with van der Waals surface area (Å²) in [6.07, 6.45) is 5.30. The molecule has 0 aromatic heterocycles. The summed E-state index contributed by atoms with van der Waals surface area (Å²) in [5.74, 6) is -1.30. The molecule has 6 nitrogen and oxygen atoms in total. The quantitative estimate of drug-likeness (QED) is 0.313. The minimum absolute atomic E-state index is 0.106. The number of hydrogen-bond donors (Lipinski definition) is 0. The van der Waals surface area contributed by atoms with Crippen LogP contribution in [0.1, 0.15) is 30.6 Å². The van der Waals surface area contributed by atoms with Gasteiger partial charge in [-0.25, -0.2) is 4.79 Å². The lowest BCUT2D eigenvalue weighted by atomic mass is 9.63. The van der Waals surface area contributed by atoms with E-state index in [0.717, 1.165) is 11.3 Å². The zero-order valence-corrected chi connectivity index (χ0v) is 17.1. The molecule has 0 unspecified atom stereocenters. The number of carbonyl (C=O) groups is 4. The van der Waals surface area contributed by atoms with Crippen molar-refractivity contribution in [2.24, 2.45) is 41.4 Å². The molecule has 2 bridgehead atoms. The molecule has 156 valence electrons. The second-order valence-electron chi connectivity index (χ2n) is 9.29. The van der Waals surface area contributed by atoms with E-state index < -0.39 is 18.6 Å². The van der Waals surface area contributed by atoms with Crippen molar-refractivity contribution in [1.29, 1.82) is 0 Å². The van der Waals surface area contributed by atoms with Gasteiger partial charge in [-0.3, -0.25) is 19.3 Å². The van der Waals surface area contributed by atoms with Crippen molar-refractivity contribution in [1.82, 2.24) is 4.90 Å². The largest absolute Gasteiger partial charge is 0.456 e. The van der Waals surface area contributed by atoms with Gasteiger partial charge in [0.1, 0.15) is 6.04 Å². The van der Waals surface area contributed by atoms with E-state index in [1.165, 1.54) is 0 Å². The third-order valence-electron chi connectivity index (χ3n) is 7.29. The van der Waals surface area contributed by atoms with Crippen molar-refractivity contribution < 1.29 is 23.9 Å². The van der Waals surface area contributed by atoms with Gasteiger partial charge in [0.2, 0.25) is 11.8 Å². The molecular formula is C24H25NO5. The van der Waals surface area contributed by atoms with E-state index in [1.807, 2.05) is 0 Å². The molecule has 2 amide bonds. The molecule has 30 heavy (non-hydrogen) atoms. The van der Waals surface area contributed by atoms with Crippen LogP contribution in [-0.2, 0) is 19.1 Å². The maximum atomic E-state index is 13.3. The van der Waals surface area contributed by atoms with Gasteiger partial charge in [0, 0.05) is 5.56 Å². The Morgan fingerprint density at radius 1 is 1.00 bits per heavy atom. The number of hydrogen-bond acceptors (Lipinski definition) is 5. The number of allylic oxidation sites excluding steroid dienone is 2. The molecule has 0 N–H and O–H groups in total. The van der Waals surface area contributed by atoms with Crippen molar-refractivity contribution in [3.8, 4) is 0 Å². The highest BCUT2D eigenvalue weighted by atomic mass is 16.5. The summed E-state index contributed by atoms with van der Waals surface area (Å²) in [6.45, 7) is 3.17. The van der Waals surface area contributed by atoms with Crippen LogP contribution in [0.3, 0.4) is 0 Å². The van der Waals surface area contributed by atoms with Crippen LogP contribution < -0.4 is 0 Å². The van der Waals surface area contributed by atoms with E-state index in [0.29, 0.717) is 17.4 Å². The smallest absolute Gasteiger partial charge is 0.330 e. The van der Waals surface area contributed by atoms with Gasteiger partial charge in [0.15, 0.2) is 12.4 Å². The number of nitrogens with zero attached hydrogens (tertiary/aromatic N) is 1. The van der Waals surface area contributed by atoms with Crippen molar-refractivity contribution in [2.75, 3.05) is 6.61 Å². The molecule has 6 rings (SSSR count). The molecule has 0 spiro atoms. The maximum Gasteiger partial charge on any atom is 0.330 e. The van der Waals surface area contributed by atoms with E-state index >= 15 is 0 Å². The highest BCUT2D eigenvalue weighted by Gasteiger charge is 2.68. The molecule has 4 aliphatic carbocycles. The lowest BCUT2D eigenvalue weighted by Crippen LogP contribution is -2.49. The molecule has 2 saturated carbocycles. The monoisotopic (exact) mass is 407 g/mol. The Labute approximate surface area is 175 Å². The molecular weight excluding hydrogens is 382 g/mol. The van der Waals surface area contributed by atoms with Crippen LogP contribution in [-0.4, -0.2) is 41.1 Å². The van der Waals surface area contributed by atoms with E-state index in [4.69, 9.17) is 4.74 Å². The van der Waals surface area contributed by atoms with Gasteiger partial charge >= 0.3 is 5.97 Å².